The molecule has 0 saturated heterocycles. The molecule has 144 valence electrons. The van der Waals surface area contributed by atoms with Crippen molar-refractivity contribution in [3.05, 3.63) is 40.5 Å². The third-order valence-corrected chi connectivity index (χ3v) is 4.98. The van der Waals surface area contributed by atoms with Crippen LogP contribution in [0.4, 0.5) is 26.3 Å². The third-order valence-electron chi connectivity index (χ3n) is 2.95. The summed E-state index contributed by atoms with van der Waals surface area (Å²) in [5, 5.41) is 2.30. The molecule has 1 aromatic carbocycles. The van der Waals surface area contributed by atoms with Crippen LogP contribution in [0.15, 0.2) is 27.6 Å². The largest absolute Gasteiger partial charge is 0.471 e. The summed E-state index contributed by atoms with van der Waals surface area (Å²) in [7, 11) is -4.48. The highest BCUT2D eigenvalue weighted by Gasteiger charge is 2.39. The van der Waals surface area contributed by atoms with E-state index in [4.69, 9.17) is 11.6 Å². The highest BCUT2D eigenvalue weighted by atomic mass is 35.5. The number of alkyl halides is 6. The molecule has 0 aliphatic rings. The van der Waals surface area contributed by atoms with Gasteiger partial charge in [-0.1, -0.05) is 16.8 Å². The monoisotopic (exact) mass is 423 g/mol. The first-order chi connectivity index (χ1) is 11.7. The molecule has 0 aliphatic carbocycles. The minimum atomic E-state index is -4.92. The molecule has 0 unspecified atom stereocenters. The van der Waals surface area contributed by atoms with Crippen LogP contribution in [0.2, 0.25) is 5.02 Å². The molecule has 1 N–H and O–H groups in total. The van der Waals surface area contributed by atoms with Crippen molar-refractivity contribution in [2.45, 2.75) is 30.2 Å². The summed E-state index contributed by atoms with van der Waals surface area (Å²) in [6.07, 6.45) is -9.65. The number of benzene rings is 1. The molecule has 2 rings (SSSR count). The Balaban J connectivity index is 2.27. The van der Waals surface area contributed by atoms with Crippen molar-refractivity contribution < 1.29 is 39.3 Å². The van der Waals surface area contributed by atoms with Crippen LogP contribution in [0.3, 0.4) is 0 Å². The zero-order valence-corrected chi connectivity index (χ0v) is 14.1. The van der Waals surface area contributed by atoms with Crippen molar-refractivity contribution in [1.82, 2.24) is 14.9 Å². The van der Waals surface area contributed by atoms with Gasteiger partial charge in [-0.3, -0.25) is 0 Å². The summed E-state index contributed by atoms with van der Waals surface area (Å²) in [5.41, 5.74) is -1.16. The maximum atomic E-state index is 12.6. The molecule has 1 heterocycles. The summed E-state index contributed by atoms with van der Waals surface area (Å²) in [6, 6.07) is 0.161. The lowest BCUT2D eigenvalue weighted by atomic mass is 10.2. The van der Waals surface area contributed by atoms with Crippen molar-refractivity contribution >= 4 is 21.6 Å². The smallest absolute Gasteiger partial charge is 0.329 e. The Bertz CT molecular complexity index is 910. The molecule has 1 aromatic heterocycles. The van der Waals surface area contributed by atoms with Gasteiger partial charge in [0, 0.05) is 0 Å². The molecular weight excluding hydrogens is 416 g/mol. The predicted molar refractivity (Wildman–Crippen MR) is 74.5 cm³/mol. The first-order valence-electron chi connectivity index (χ1n) is 6.51. The van der Waals surface area contributed by atoms with Gasteiger partial charge < -0.3 is 4.52 Å². The minimum absolute atomic E-state index is 0.414. The van der Waals surface area contributed by atoms with Gasteiger partial charge in [0.1, 0.15) is 4.90 Å². The van der Waals surface area contributed by atoms with Crippen LogP contribution in [0.5, 0.6) is 0 Å². The van der Waals surface area contributed by atoms with Crippen LogP contribution in [0, 0.1) is 0 Å². The van der Waals surface area contributed by atoms with Crippen molar-refractivity contribution in [3.8, 4) is 0 Å². The second kappa shape index (κ2) is 6.70. The lowest BCUT2D eigenvalue weighted by Gasteiger charge is -2.13. The maximum absolute atomic E-state index is 12.6. The Morgan fingerprint density at radius 2 is 1.77 bits per heavy atom. The van der Waals surface area contributed by atoms with Crippen molar-refractivity contribution in [2.24, 2.45) is 0 Å². The van der Waals surface area contributed by atoms with Gasteiger partial charge in [0.2, 0.25) is 10.0 Å². The fourth-order valence-electron chi connectivity index (χ4n) is 1.77. The Labute approximate surface area is 147 Å². The van der Waals surface area contributed by atoms with Crippen molar-refractivity contribution in [1.29, 1.82) is 0 Å². The van der Waals surface area contributed by atoms with E-state index in [2.05, 4.69) is 14.7 Å². The molecule has 0 fully saturated rings. The third kappa shape index (κ3) is 4.45. The summed E-state index contributed by atoms with van der Waals surface area (Å²) in [4.78, 5) is 2.32. The van der Waals surface area contributed by atoms with Crippen LogP contribution in [0.1, 0.15) is 30.2 Å². The van der Waals surface area contributed by atoms with Gasteiger partial charge in [-0.15, -0.1) is 0 Å². The van der Waals surface area contributed by atoms with E-state index in [0.29, 0.717) is 18.2 Å². The summed E-state index contributed by atoms with van der Waals surface area (Å²) < 4.78 is 105. The molecule has 0 saturated carbocycles. The Morgan fingerprint density at radius 1 is 1.15 bits per heavy atom. The lowest BCUT2D eigenvalue weighted by Crippen LogP contribution is -2.28. The molecule has 6 nitrogen and oxygen atoms in total. The van der Waals surface area contributed by atoms with Gasteiger partial charge >= 0.3 is 18.2 Å². The Hall–Kier alpha value is -1.86. The topological polar surface area (TPSA) is 85.1 Å². The van der Waals surface area contributed by atoms with Crippen molar-refractivity contribution in [2.75, 3.05) is 0 Å². The van der Waals surface area contributed by atoms with E-state index in [9.17, 15) is 34.8 Å². The molecule has 0 spiro atoms. The standard InChI is InChI=1S/C12H8ClF6N3O3S/c1-5(9-20-10(25-21-9)12(17,18)19)22-26(23,24)8-3-2-6(4-7(8)13)11(14,15)16/h2-5,22H,1H3/t5-/m0/s1. The number of nitrogens with one attached hydrogen (secondary N) is 1. The van der Waals surface area contributed by atoms with Gasteiger partial charge in [-0.05, 0) is 25.1 Å². The van der Waals surface area contributed by atoms with Gasteiger partial charge in [-0.25, -0.2) is 13.1 Å². The number of hydrogen-bond donors (Lipinski definition) is 1. The average Bonchev–Trinajstić information content (AvgIpc) is 2.95. The second-order valence-electron chi connectivity index (χ2n) is 4.94. The second-order valence-corrected chi connectivity index (χ2v) is 7.03. The van der Waals surface area contributed by atoms with Crippen molar-refractivity contribution in [3.63, 3.8) is 0 Å². The first kappa shape index (κ1) is 20.5. The number of halogens is 7. The van der Waals surface area contributed by atoms with E-state index in [1.165, 1.54) is 0 Å². The maximum Gasteiger partial charge on any atom is 0.471 e. The van der Waals surface area contributed by atoms with E-state index in [-0.39, 0.29) is 0 Å². The molecule has 0 aliphatic heterocycles. The number of rotatable bonds is 4. The zero-order chi connectivity index (χ0) is 19.9. The molecule has 1 atom stereocenters. The number of sulfonamides is 1. The van der Waals surface area contributed by atoms with Crippen LogP contribution < -0.4 is 4.72 Å². The number of aromatic nitrogens is 2. The Morgan fingerprint density at radius 3 is 2.23 bits per heavy atom. The Kier molecular flexibility index (Phi) is 5.27. The molecule has 0 bridgehead atoms. The highest BCUT2D eigenvalue weighted by Crippen LogP contribution is 2.34. The van der Waals surface area contributed by atoms with E-state index in [1.807, 2.05) is 4.72 Å². The summed E-state index contributed by atoms with van der Waals surface area (Å²) in [5.74, 6) is -2.30. The molecule has 26 heavy (non-hydrogen) atoms. The van der Waals surface area contributed by atoms with E-state index in [1.54, 1.807) is 0 Å². The fourth-order valence-corrected chi connectivity index (χ4v) is 3.52. The number of nitrogens with zero attached hydrogens (tertiary/aromatic N) is 2. The zero-order valence-electron chi connectivity index (χ0n) is 12.5. The SMILES string of the molecule is C[C@H](NS(=O)(=O)c1ccc(C(F)(F)F)cc1Cl)c1noc(C(F)(F)F)n1. The lowest BCUT2D eigenvalue weighted by molar-refractivity contribution is -0.159. The van der Waals surface area contributed by atoms with Crippen LogP contribution in [-0.2, 0) is 22.4 Å². The average molecular weight is 424 g/mol. The number of hydrogen-bond acceptors (Lipinski definition) is 5. The fraction of sp³-hybridized carbons (Fsp3) is 0.333. The van der Waals surface area contributed by atoms with Gasteiger partial charge in [0.15, 0.2) is 5.82 Å². The van der Waals surface area contributed by atoms with Crippen LogP contribution >= 0.6 is 11.6 Å². The molecule has 0 radical (unpaired) electrons. The van der Waals surface area contributed by atoms with E-state index in [0.717, 1.165) is 6.92 Å². The minimum Gasteiger partial charge on any atom is -0.329 e. The van der Waals surface area contributed by atoms with Gasteiger partial charge in [0.25, 0.3) is 0 Å². The van der Waals surface area contributed by atoms with Crippen LogP contribution in [-0.4, -0.2) is 18.6 Å². The molecule has 0 amide bonds. The highest BCUT2D eigenvalue weighted by molar-refractivity contribution is 7.89. The first-order valence-corrected chi connectivity index (χ1v) is 8.38. The van der Waals surface area contributed by atoms with E-state index >= 15 is 0 Å². The quantitative estimate of drug-likeness (QED) is 0.756. The molecule has 14 heteroatoms. The normalized spacial score (nSPS) is 14.5. The summed E-state index contributed by atoms with van der Waals surface area (Å²) in [6.45, 7) is 1.11. The van der Waals surface area contributed by atoms with E-state index < -0.39 is 55.6 Å². The van der Waals surface area contributed by atoms with Gasteiger partial charge in [-0.2, -0.15) is 31.3 Å². The van der Waals surface area contributed by atoms with Crippen LogP contribution in [0.25, 0.3) is 0 Å². The summed E-state index contributed by atoms with van der Waals surface area (Å²) >= 11 is 5.60. The predicted octanol–water partition coefficient (Wildman–Crippen LogP) is 3.80. The molecule has 2 aromatic rings. The molecular formula is C12H8ClF6N3O3S. The van der Waals surface area contributed by atoms with Gasteiger partial charge in [0.05, 0.1) is 16.6 Å².